The molecule has 0 bridgehead atoms. The maximum atomic E-state index is 12.4. The summed E-state index contributed by atoms with van der Waals surface area (Å²) >= 11 is 0. The number of piperazine rings is 1. The Balaban J connectivity index is 1.30. The average Bonchev–Trinajstić information content (AvgIpc) is 2.73. The molecule has 0 amide bonds. The lowest BCUT2D eigenvalue weighted by Gasteiger charge is -2.35. The van der Waals surface area contributed by atoms with Crippen LogP contribution in [0.3, 0.4) is 0 Å². The van der Waals surface area contributed by atoms with Crippen LogP contribution in [0.2, 0.25) is 0 Å². The number of benzene rings is 2. The fraction of sp³-hybridized carbons (Fsp3) is 0.350. The first kappa shape index (κ1) is 21.0. The van der Waals surface area contributed by atoms with Crippen molar-refractivity contribution >= 4 is 31.4 Å². The fourth-order valence-electron chi connectivity index (χ4n) is 3.61. The Kier molecular flexibility index (Phi) is 5.92. The summed E-state index contributed by atoms with van der Waals surface area (Å²) in [5.41, 5.74) is 0.548. The Morgan fingerprint density at radius 3 is 2.27 bits per heavy atom. The first-order valence-electron chi connectivity index (χ1n) is 9.76. The van der Waals surface area contributed by atoms with Crippen LogP contribution >= 0.6 is 0 Å². The molecule has 2 aromatic carbocycles. The number of amidine groups is 1. The van der Waals surface area contributed by atoms with Gasteiger partial charge in [-0.3, -0.25) is 9.80 Å². The van der Waals surface area contributed by atoms with E-state index in [0.29, 0.717) is 42.6 Å². The minimum absolute atomic E-state index is 0.0836. The molecule has 0 aromatic heterocycles. The summed E-state index contributed by atoms with van der Waals surface area (Å²) in [6.07, 6.45) is 0. The lowest BCUT2D eigenvalue weighted by Crippen LogP contribution is -2.49. The Hall–Kier alpha value is -2.27. The van der Waals surface area contributed by atoms with Crippen LogP contribution in [0.15, 0.2) is 68.8 Å². The van der Waals surface area contributed by atoms with Crippen molar-refractivity contribution in [3.63, 3.8) is 0 Å². The predicted molar refractivity (Wildman–Crippen MR) is 116 cm³/mol. The Morgan fingerprint density at radius 2 is 1.53 bits per heavy atom. The Bertz CT molecular complexity index is 1140. The summed E-state index contributed by atoms with van der Waals surface area (Å²) in [6.45, 7) is 3.76. The van der Waals surface area contributed by atoms with E-state index in [1.807, 2.05) is 0 Å². The highest BCUT2D eigenvalue weighted by Crippen LogP contribution is 2.26. The third-order valence-corrected chi connectivity index (χ3v) is 8.37. The Labute approximate surface area is 177 Å². The largest absolute Gasteiger partial charge is 0.341 e. The van der Waals surface area contributed by atoms with E-state index in [0.717, 1.165) is 13.1 Å². The predicted octanol–water partition coefficient (Wildman–Crippen LogP) is 1.29. The Morgan fingerprint density at radius 1 is 0.900 bits per heavy atom. The summed E-state index contributed by atoms with van der Waals surface area (Å²) in [6, 6.07) is 15.2. The molecule has 1 saturated heterocycles. The fourth-order valence-corrected chi connectivity index (χ4v) is 6.06. The summed E-state index contributed by atoms with van der Waals surface area (Å²) in [5, 5.41) is 3.11. The summed E-state index contributed by atoms with van der Waals surface area (Å²) < 4.78 is 53.5. The molecule has 1 N–H and O–H groups in total. The van der Waals surface area contributed by atoms with Crippen molar-refractivity contribution < 1.29 is 16.8 Å². The van der Waals surface area contributed by atoms with Crippen LogP contribution in [-0.4, -0.2) is 77.5 Å². The number of anilines is 1. The van der Waals surface area contributed by atoms with E-state index in [1.54, 1.807) is 54.6 Å². The molecule has 2 heterocycles. The zero-order valence-corrected chi connectivity index (χ0v) is 18.1. The average molecular weight is 449 g/mol. The molecule has 160 valence electrons. The van der Waals surface area contributed by atoms with E-state index < -0.39 is 19.9 Å². The SMILES string of the molecule is O=S(=O)(CCN1CCN(CC2=NS(=O)(=O)c3ccccc3N2)CC1)c1ccccc1. The standard InChI is InChI=1S/C20H24N4O4S2/c25-29(26,17-6-2-1-3-7-17)15-14-23-10-12-24(13-11-23)16-20-21-18-8-4-5-9-19(18)30(27,28)22-20/h1-9H,10-16H2,(H,21,22). The quantitative estimate of drug-likeness (QED) is 0.711. The van der Waals surface area contributed by atoms with Crippen molar-refractivity contribution in [2.45, 2.75) is 9.79 Å². The van der Waals surface area contributed by atoms with Crippen LogP contribution in [0.1, 0.15) is 0 Å². The van der Waals surface area contributed by atoms with Gasteiger partial charge in [0.1, 0.15) is 10.7 Å². The third kappa shape index (κ3) is 4.72. The normalized spacial score (nSPS) is 19.5. The number of fused-ring (bicyclic) bond motifs is 1. The molecular weight excluding hydrogens is 424 g/mol. The van der Waals surface area contributed by atoms with Crippen molar-refractivity contribution in [1.29, 1.82) is 0 Å². The zero-order valence-electron chi connectivity index (χ0n) is 16.4. The summed E-state index contributed by atoms with van der Waals surface area (Å²) in [4.78, 5) is 4.79. The van der Waals surface area contributed by atoms with Crippen molar-refractivity contribution in [2.24, 2.45) is 4.40 Å². The van der Waals surface area contributed by atoms with Gasteiger partial charge in [0.05, 0.1) is 22.9 Å². The molecule has 8 nitrogen and oxygen atoms in total. The van der Waals surface area contributed by atoms with Gasteiger partial charge in [-0.15, -0.1) is 4.40 Å². The maximum absolute atomic E-state index is 12.4. The van der Waals surface area contributed by atoms with Crippen LogP contribution in [0.5, 0.6) is 0 Å². The van der Waals surface area contributed by atoms with Gasteiger partial charge in [-0.05, 0) is 24.3 Å². The number of hydrogen-bond acceptors (Lipinski definition) is 7. The van der Waals surface area contributed by atoms with Gasteiger partial charge >= 0.3 is 0 Å². The molecule has 0 atom stereocenters. The molecular formula is C20H24N4O4S2. The molecule has 4 rings (SSSR count). The highest BCUT2D eigenvalue weighted by molar-refractivity contribution is 7.91. The number of hydrogen-bond donors (Lipinski definition) is 1. The molecule has 0 radical (unpaired) electrons. The van der Waals surface area contributed by atoms with Crippen molar-refractivity contribution in [2.75, 3.05) is 50.3 Å². The van der Waals surface area contributed by atoms with Crippen molar-refractivity contribution in [1.82, 2.24) is 9.80 Å². The molecule has 0 unspecified atom stereocenters. The third-order valence-electron chi connectivity index (χ3n) is 5.29. The number of sulfone groups is 1. The second kappa shape index (κ2) is 8.46. The molecule has 0 aliphatic carbocycles. The van der Waals surface area contributed by atoms with Gasteiger partial charge in [0, 0.05) is 32.7 Å². The van der Waals surface area contributed by atoms with Gasteiger partial charge in [0.2, 0.25) is 0 Å². The first-order valence-corrected chi connectivity index (χ1v) is 12.9. The van der Waals surface area contributed by atoms with Gasteiger partial charge in [-0.1, -0.05) is 30.3 Å². The van der Waals surface area contributed by atoms with Gasteiger partial charge in [0.25, 0.3) is 10.0 Å². The van der Waals surface area contributed by atoms with E-state index in [2.05, 4.69) is 19.5 Å². The van der Waals surface area contributed by atoms with E-state index in [4.69, 9.17) is 0 Å². The van der Waals surface area contributed by atoms with E-state index in [-0.39, 0.29) is 10.6 Å². The molecule has 0 spiro atoms. The van der Waals surface area contributed by atoms with Gasteiger partial charge in [-0.25, -0.2) is 8.42 Å². The molecule has 10 heteroatoms. The second-order valence-corrected chi connectivity index (χ2v) is 11.1. The topological polar surface area (TPSA) is 99.2 Å². The first-order chi connectivity index (χ1) is 14.3. The van der Waals surface area contributed by atoms with E-state index in [1.165, 1.54) is 0 Å². The molecule has 2 aliphatic heterocycles. The number of nitrogens with zero attached hydrogens (tertiary/aromatic N) is 3. The van der Waals surface area contributed by atoms with Gasteiger partial charge < -0.3 is 5.32 Å². The lowest BCUT2D eigenvalue weighted by molar-refractivity contribution is 0.152. The lowest BCUT2D eigenvalue weighted by atomic mass is 10.3. The smallest absolute Gasteiger partial charge is 0.286 e. The minimum Gasteiger partial charge on any atom is -0.341 e. The molecule has 30 heavy (non-hydrogen) atoms. The minimum atomic E-state index is -3.68. The van der Waals surface area contributed by atoms with Crippen LogP contribution < -0.4 is 5.32 Å². The number of sulfonamides is 1. The number of rotatable bonds is 6. The molecule has 2 aromatic rings. The summed E-state index contributed by atoms with van der Waals surface area (Å²) in [5.74, 6) is 0.495. The summed E-state index contributed by atoms with van der Waals surface area (Å²) in [7, 11) is -6.97. The maximum Gasteiger partial charge on any atom is 0.286 e. The van der Waals surface area contributed by atoms with Gasteiger partial charge in [0.15, 0.2) is 9.84 Å². The van der Waals surface area contributed by atoms with Crippen LogP contribution in [0.4, 0.5) is 5.69 Å². The van der Waals surface area contributed by atoms with Gasteiger partial charge in [-0.2, -0.15) is 8.42 Å². The highest BCUT2D eigenvalue weighted by Gasteiger charge is 2.26. The van der Waals surface area contributed by atoms with E-state index >= 15 is 0 Å². The number of nitrogens with one attached hydrogen (secondary N) is 1. The monoisotopic (exact) mass is 448 g/mol. The van der Waals surface area contributed by atoms with Crippen LogP contribution in [0.25, 0.3) is 0 Å². The second-order valence-electron chi connectivity index (χ2n) is 7.38. The molecule has 2 aliphatic rings. The molecule has 0 saturated carbocycles. The van der Waals surface area contributed by atoms with Crippen LogP contribution in [-0.2, 0) is 19.9 Å². The van der Waals surface area contributed by atoms with Crippen molar-refractivity contribution in [3.05, 3.63) is 54.6 Å². The highest BCUT2D eigenvalue weighted by atomic mass is 32.2. The number of para-hydroxylation sites is 1. The molecule has 1 fully saturated rings. The van der Waals surface area contributed by atoms with Crippen LogP contribution in [0, 0.1) is 0 Å². The van der Waals surface area contributed by atoms with E-state index in [9.17, 15) is 16.8 Å². The zero-order chi connectivity index (χ0) is 21.2. The van der Waals surface area contributed by atoms with Crippen molar-refractivity contribution in [3.8, 4) is 0 Å².